The molecule has 5 rings (SSSR count). The van der Waals surface area contributed by atoms with E-state index in [-0.39, 0.29) is 22.4 Å². The molecule has 0 aromatic heterocycles. The fraction of sp³-hybridized carbons (Fsp3) is 0.222. The Hall–Kier alpha value is -4.24. The Labute approximate surface area is 207 Å². The lowest BCUT2D eigenvalue weighted by Crippen LogP contribution is -2.36. The van der Waals surface area contributed by atoms with Crippen molar-refractivity contribution < 1.29 is 28.2 Å². The number of anilines is 3. The van der Waals surface area contributed by atoms with Crippen molar-refractivity contribution >= 4 is 34.8 Å². The van der Waals surface area contributed by atoms with Crippen LogP contribution in [0.3, 0.4) is 0 Å². The van der Waals surface area contributed by atoms with E-state index in [1.165, 1.54) is 24.3 Å². The number of nitrogens with one attached hydrogen (secondary N) is 1. The second-order valence-corrected chi connectivity index (χ2v) is 8.35. The first-order valence-electron chi connectivity index (χ1n) is 11.7. The molecule has 3 amide bonds. The summed E-state index contributed by atoms with van der Waals surface area (Å²) >= 11 is 0. The van der Waals surface area contributed by atoms with E-state index < -0.39 is 23.5 Å². The second-order valence-electron chi connectivity index (χ2n) is 8.35. The van der Waals surface area contributed by atoms with Crippen molar-refractivity contribution in [3.8, 4) is 5.75 Å². The Kier molecular flexibility index (Phi) is 6.39. The minimum atomic E-state index is -0.519. The number of benzene rings is 3. The minimum absolute atomic E-state index is 0.135. The van der Waals surface area contributed by atoms with Crippen LogP contribution >= 0.6 is 0 Å². The van der Waals surface area contributed by atoms with E-state index in [4.69, 9.17) is 9.47 Å². The summed E-state index contributed by atoms with van der Waals surface area (Å²) < 4.78 is 25.4. The minimum Gasteiger partial charge on any atom is -0.494 e. The van der Waals surface area contributed by atoms with Gasteiger partial charge >= 0.3 is 0 Å². The molecule has 0 radical (unpaired) electrons. The van der Waals surface area contributed by atoms with Crippen LogP contribution in [0.25, 0.3) is 0 Å². The molecule has 9 heteroatoms. The maximum atomic E-state index is 14.7. The van der Waals surface area contributed by atoms with Gasteiger partial charge in [0, 0.05) is 24.3 Å². The number of carbonyl (C=O) groups is 3. The molecule has 2 aliphatic rings. The van der Waals surface area contributed by atoms with Crippen molar-refractivity contribution in [2.45, 2.75) is 6.92 Å². The normalized spacial score (nSPS) is 15.2. The van der Waals surface area contributed by atoms with Crippen molar-refractivity contribution in [3.63, 3.8) is 0 Å². The zero-order valence-corrected chi connectivity index (χ0v) is 19.6. The number of amides is 3. The topological polar surface area (TPSA) is 88.2 Å². The molecule has 2 heterocycles. The molecule has 0 bridgehead atoms. The maximum Gasteiger partial charge on any atom is 0.266 e. The lowest BCUT2D eigenvalue weighted by molar-refractivity contribution is 0.0925. The Morgan fingerprint density at radius 2 is 1.69 bits per heavy atom. The summed E-state index contributed by atoms with van der Waals surface area (Å²) in [5.74, 6) is -1.32. The zero-order valence-electron chi connectivity index (χ0n) is 19.6. The number of ether oxygens (including phenoxy) is 2. The molecule has 0 unspecified atom stereocenters. The highest BCUT2D eigenvalue weighted by Crippen LogP contribution is 2.31. The summed E-state index contributed by atoms with van der Waals surface area (Å²) in [4.78, 5) is 41.8. The number of rotatable bonds is 6. The van der Waals surface area contributed by atoms with Gasteiger partial charge in [0.25, 0.3) is 17.7 Å². The predicted octanol–water partition coefficient (Wildman–Crippen LogP) is 4.11. The Bertz CT molecular complexity index is 1340. The molecule has 2 aliphatic heterocycles. The van der Waals surface area contributed by atoms with Gasteiger partial charge in [0.05, 0.1) is 42.3 Å². The number of halogens is 1. The molecule has 1 N–H and O–H groups in total. The third kappa shape index (κ3) is 4.40. The number of carbonyl (C=O) groups excluding carboxylic acids is 3. The smallest absolute Gasteiger partial charge is 0.266 e. The van der Waals surface area contributed by atoms with E-state index in [0.29, 0.717) is 50.0 Å². The van der Waals surface area contributed by atoms with Crippen molar-refractivity contribution in [3.05, 3.63) is 83.2 Å². The van der Waals surface area contributed by atoms with E-state index in [1.807, 2.05) is 11.8 Å². The van der Waals surface area contributed by atoms with Gasteiger partial charge in [-0.1, -0.05) is 0 Å². The molecule has 1 fully saturated rings. The van der Waals surface area contributed by atoms with Crippen molar-refractivity contribution in [2.75, 3.05) is 48.0 Å². The van der Waals surface area contributed by atoms with E-state index in [9.17, 15) is 18.8 Å². The van der Waals surface area contributed by atoms with E-state index in [2.05, 4.69) is 5.32 Å². The van der Waals surface area contributed by atoms with E-state index in [1.54, 1.807) is 36.4 Å². The molecule has 3 aromatic carbocycles. The zero-order chi connectivity index (χ0) is 25.2. The fourth-order valence-electron chi connectivity index (χ4n) is 4.32. The number of hydrogen-bond donors (Lipinski definition) is 1. The SMILES string of the molecule is CCOc1ccc(N2C(=O)c3ccc(C(=O)Nc4ccc(N5CCOCC5)c(F)c4)cc3C2=O)cc1. The number of hydrogen-bond acceptors (Lipinski definition) is 6. The molecule has 3 aromatic rings. The number of morpholine rings is 1. The van der Waals surface area contributed by atoms with E-state index in [0.717, 1.165) is 4.90 Å². The summed E-state index contributed by atoms with van der Waals surface area (Å²) in [6, 6.07) is 15.5. The Morgan fingerprint density at radius 3 is 2.39 bits per heavy atom. The average molecular weight is 490 g/mol. The Morgan fingerprint density at radius 1 is 0.972 bits per heavy atom. The van der Waals surface area contributed by atoms with Gasteiger partial charge in [-0.2, -0.15) is 0 Å². The quantitative estimate of drug-likeness (QED) is 0.525. The van der Waals surface area contributed by atoms with Crippen LogP contribution in [0, 0.1) is 5.82 Å². The first-order valence-corrected chi connectivity index (χ1v) is 11.7. The standard InChI is InChI=1S/C27H24FN3O5/c1-2-36-20-7-5-19(6-8-20)31-26(33)21-9-3-17(15-22(21)27(31)34)25(32)29-18-4-10-24(23(28)16-18)30-11-13-35-14-12-30/h3-10,15-16H,2,11-14H2,1H3,(H,29,32). The van der Waals surface area contributed by atoms with Crippen molar-refractivity contribution in [2.24, 2.45) is 0 Å². The van der Waals surface area contributed by atoms with Gasteiger partial charge in [-0.3, -0.25) is 14.4 Å². The van der Waals surface area contributed by atoms with Crippen LogP contribution in [0.15, 0.2) is 60.7 Å². The van der Waals surface area contributed by atoms with Crippen LogP contribution in [0.5, 0.6) is 5.75 Å². The number of imide groups is 1. The summed E-state index contributed by atoms with van der Waals surface area (Å²) in [7, 11) is 0. The van der Waals surface area contributed by atoms with Crippen molar-refractivity contribution in [1.82, 2.24) is 0 Å². The molecule has 184 valence electrons. The molecule has 36 heavy (non-hydrogen) atoms. The van der Waals surface area contributed by atoms with Gasteiger partial charge in [0.2, 0.25) is 0 Å². The molecular formula is C27H24FN3O5. The highest BCUT2D eigenvalue weighted by atomic mass is 19.1. The average Bonchev–Trinajstić information content (AvgIpc) is 3.14. The monoisotopic (exact) mass is 489 g/mol. The predicted molar refractivity (Wildman–Crippen MR) is 133 cm³/mol. The fourth-order valence-corrected chi connectivity index (χ4v) is 4.32. The molecule has 0 spiro atoms. The van der Waals surface area contributed by atoms with Crippen LogP contribution < -0.4 is 19.9 Å². The molecular weight excluding hydrogens is 465 g/mol. The van der Waals surface area contributed by atoms with Crippen LogP contribution in [-0.4, -0.2) is 50.6 Å². The number of fused-ring (bicyclic) bond motifs is 1. The van der Waals surface area contributed by atoms with Gasteiger partial charge in [-0.25, -0.2) is 9.29 Å². The molecule has 0 saturated carbocycles. The number of nitrogens with zero attached hydrogens (tertiary/aromatic N) is 2. The highest BCUT2D eigenvalue weighted by molar-refractivity contribution is 6.34. The van der Waals surface area contributed by atoms with Crippen LogP contribution in [0.1, 0.15) is 38.0 Å². The molecule has 1 saturated heterocycles. The lowest BCUT2D eigenvalue weighted by atomic mass is 10.1. The first kappa shape index (κ1) is 23.5. The molecule has 0 aliphatic carbocycles. The van der Waals surface area contributed by atoms with Crippen LogP contribution in [-0.2, 0) is 4.74 Å². The van der Waals surface area contributed by atoms with Gasteiger partial charge in [0.15, 0.2) is 0 Å². The van der Waals surface area contributed by atoms with Crippen LogP contribution in [0.4, 0.5) is 21.5 Å². The third-order valence-corrected chi connectivity index (χ3v) is 6.11. The molecule has 0 atom stereocenters. The first-order chi connectivity index (χ1) is 17.5. The third-order valence-electron chi connectivity index (χ3n) is 6.11. The van der Waals surface area contributed by atoms with Gasteiger partial charge in [-0.15, -0.1) is 0 Å². The summed E-state index contributed by atoms with van der Waals surface area (Å²) in [5.41, 5.74) is 1.68. The molecule has 8 nitrogen and oxygen atoms in total. The lowest BCUT2D eigenvalue weighted by Gasteiger charge is -2.29. The van der Waals surface area contributed by atoms with Gasteiger partial charge < -0.3 is 19.7 Å². The van der Waals surface area contributed by atoms with Crippen LogP contribution in [0.2, 0.25) is 0 Å². The van der Waals surface area contributed by atoms with Crippen molar-refractivity contribution in [1.29, 1.82) is 0 Å². The summed E-state index contributed by atoms with van der Waals surface area (Å²) in [5, 5.41) is 2.66. The Balaban J connectivity index is 1.33. The van der Waals surface area contributed by atoms with Gasteiger partial charge in [-0.05, 0) is 67.6 Å². The highest BCUT2D eigenvalue weighted by Gasteiger charge is 2.37. The largest absolute Gasteiger partial charge is 0.494 e. The van der Waals surface area contributed by atoms with Gasteiger partial charge in [0.1, 0.15) is 11.6 Å². The maximum absolute atomic E-state index is 14.7. The summed E-state index contributed by atoms with van der Waals surface area (Å²) in [6.45, 7) is 4.63. The second kappa shape index (κ2) is 9.79. The van der Waals surface area contributed by atoms with E-state index >= 15 is 0 Å². The summed E-state index contributed by atoms with van der Waals surface area (Å²) in [6.07, 6.45) is 0.